The molecule has 3 aromatic carbocycles. The molecule has 8 nitrogen and oxygen atoms in total. The van der Waals surface area contributed by atoms with Gasteiger partial charge in [-0.05, 0) is 34.9 Å². The average molecular weight is 458 g/mol. The molecule has 3 N–H and O–H groups in total. The lowest BCUT2D eigenvalue weighted by molar-refractivity contribution is -0.154. The highest BCUT2D eigenvalue weighted by atomic mass is 16.4. The van der Waals surface area contributed by atoms with Crippen molar-refractivity contribution in [1.29, 1.82) is 0 Å². The van der Waals surface area contributed by atoms with Crippen LogP contribution in [0.15, 0.2) is 66.7 Å². The van der Waals surface area contributed by atoms with Gasteiger partial charge in [0.25, 0.3) is 0 Å². The Hall–Kier alpha value is -4.04. The summed E-state index contributed by atoms with van der Waals surface area (Å²) in [5.41, 5.74) is -0.437. The summed E-state index contributed by atoms with van der Waals surface area (Å²) in [4.78, 5) is 52.9. The van der Waals surface area contributed by atoms with E-state index in [9.17, 15) is 29.4 Å². The summed E-state index contributed by atoms with van der Waals surface area (Å²) < 4.78 is 0. The zero-order chi connectivity index (χ0) is 24.2. The van der Waals surface area contributed by atoms with Crippen molar-refractivity contribution in [2.45, 2.75) is 24.9 Å². The number of para-hydroxylation sites is 1. The van der Waals surface area contributed by atoms with Crippen LogP contribution in [-0.2, 0) is 19.2 Å². The highest BCUT2D eigenvalue weighted by Crippen LogP contribution is 2.52. The van der Waals surface area contributed by atoms with Gasteiger partial charge in [-0.2, -0.15) is 0 Å². The topological polar surface area (TPSA) is 124 Å². The van der Waals surface area contributed by atoms with Gasteiger partial charge in [0.1, 0.15) is 5.54 Å². The molecule has 2 aliphatic heterocycles. The second kappa shape index (κ2) is 7.78. The molecule has 34 heavy (non-hydrogen) atoms. The normalized spacial score (nSPS) is 26.1. The first kappa shape index (κ1) is 21.8. The lowest BCUT2D eigenvalue weighted by Crippen LogP contribution is -2.57. The zero-order valence-corrected chi connectivity index (χ0v) is 18.3. The number of aliphatic carboxylic acids is 2. The number of hydrogen-bond acceptors (Lipinski definition) is 5. The first-order chi connectivity index (χ1) is 16.3. The molecule has 0 bridgehead atoms. The summed E-state index contributed by atoms with van der Waals surface area (Å²) in [7, 11) is 0. The summed E-state index contributed by atoms with van der Waals surface area (Å²) >= 11 is 0. The van der Waals surface area contributed by atoms with Crippen LogP contribution >= 0.6 is 0 Å². The van der Waals surface area contributed by atoms with E-state index in [4.69, 9.17) is 0 Å². The summed E-state index contributed by atoms with van der Waals surface area (Å²) in [5.74, 6) is -6.54. The maximum absolute atomic E-state index is 13.8. The molecule has 2 fully saturated rings. The van der Waals surface area contributed by atoms with Crippen LogP contribution in [0.3, 0.4) is 0 Å². The van der Waals surface area contributed by atoms with E-state index in [0.717, 1.165) is 15.7 Å². The molecule has 3 aromatic rings. The maximum atomic E-state index is 13.8. The third-order valence-electron chi connectivity index (χ3n) is 6.98. The van der Waals surface area contributed by atoms with E-state index in [1.54, 1.807) is 43.3 Å². The third kappa shape index (κ3) is 3.03. The predicted octanol–water partition coefficient (Wildman–Crippen LogP) is 2.90. The van der Waals surface area contributed by atoms with Crippen LogP contribution < -0.4 is 10.2 Å². The van der Waals surface area contributed by atoms with Crippen LogP contribution in [0.25, 0.3) is 10.8 Å². The number of imide groups is 1. The fourth-order valence-electron chi connectivity index (χ4n) is 5.52. The van der Waals surface area contributed by atoms with E-state index in [-0.39, 0.29) is 0 Å². The zero-order valence-electron chi connectivity index (χ0n) is 18.3. The first-order valence-corrected chi connectivity index (χ1v) is 10.9. The minimum Gasteiger partial charge on any atom is -0.481 e. The lowest BCUT2D eigenvalue weighted by Gasteiger charge is -2.30. The van der Waals surface area contributed by atoms with Crippen LogP contribution in [-0.4, -0.2) is 39.5 Å². The number of hydrogen-bond donors (Lipinski definition) is 3. The Morgan fingerprint density at radius 1 is 0.941 bits per heavy atom. The lowest BCUT2D eigenvalue weighted by atomic mass is 9.77. The number of nitrogens with one attached hydrogen (secondary N) is 1. The quantitative estimate of drug-likeness (QED) is 0.502. The maximum Gasteiger partial charge on any atom is 0.325 e. The molecule has 8 heteroatoms. The minimum absolute atomic E-state index is 0.373. The minimum atomic E-state index is -2.14. The van der Waals surface area contributed by atoms with Gasteiger partial charge in [-0.3, -0.25) is 24.5 Å². The number of carboxylic acid groups (broad SMARTS) is 2. The largest absolute Gasteiger partial charge is 0.481 e. The molecule has 4 atom stereocenters. The summed E-state index contributed by atoms with van der Waals surface area (Å²) in [6, 6.07) is 18.9. The molecule has 0 aromatic heterocycles. The fourth-order valence-corrected chi connectivity index (χ4v) is 5.52. The predicted molar refractivity (Wildman–Crippen MR) is 123 cm³/mol. The van der Waals surface area contributed by atoms with Crippen molar-refractivity contribution in [3.05, 3.63) is 77.9 Å². The molecule has 2 saturated heterocycles. The third-order valence-corrected chi connectivity index (χ3v) is 6.98. The number of anilines is 1. The number of carbonyl (C=O) groups is 4. The second-order valence-corrected chi connectivity index (χ2v) is 8.84. The van der Waals surface area contributed by atoms with Crippen molar-refractivity contribution >= 4 is 40.2 Å². The van der Waals surface area contributed by atoms with Gasteiger partial charge in [-0.25, -0.2) is 4.90 Å². The van der Waals surface area contributed by atoms with Crippen LogP contribution in [0, 0.1) is 18.8 Å². The molecular formula is C26H22N2O6. The summed E-state index contributed by atoms with van der Waals surface area (Å²) in [6.07, 6.45) is -0.842. The monoisotopic (exact) mass is 458 g/mol. The van der Waals surface area contributed by atoms with Gasteiger partial charge >= 0.3 is 11.9 Å². The van der Waals surface area contributed by atoms with Crippen LogP contribution in [0.5, 0.6) is 0 Å². The number of carboxylic acids is 2. The van der Waals surface area contributed by atoms with Gasteiger partial charge < -0.3 is 10.2 Å². The molecule has 0 spiro atoms. The average Bonchev–Trinajstić information content (AvgIpc) is 3.28. The van der Waals surface area contributed by atoms with E-state index >= 15 is 0 Å². The Kier molecular flexibility index (Phi) is 4.98. The van der Waals surface area contributed by atoms with Gasteiger partial charge in [0.2, 0.25) is 11.8 Å². The van der Waals surface area contributed by atoms with Crippen molar-refractivity contribution in [2.24, 2.45) is 11.8 Å². The molecule has 2 aliphatic rings. The van der Waals surface area contributed by atoms with E-state index in [1.807, 2.05) is 30.3 Å². The Balaban J connectivity index is 1.73. The van der Waals surface area contributed by atoms with Gasteiger partial charge in [-0.15, -0.1) is 0 Å². The van der Waals surface area contributed by atoms with Crippen molar-refractivity contribution in [1.82, 2.24) is 5.32 Å². The van der Waals surface area contributed by atoms with Crippen LogP contribution in [0.2, 0.25) is 0 Å². The molecule has 2 heterocycles. The van der Waals surface area contributed by atoms with Gasteiger partial charge in [0, 0.05) is 6.04 Å². The molecule has 0 saturated carbocycles. The number of carbonyl (C=O) groups excluding carboxylic acids is 2. The number of benzene rings is 3. The number of amides is 2. The standard InChI is InChI=1S/C26H22N2O6/c1-14-7-2-5-12-18(14)28-23(31)20-21(24(28)32)26(25(33)34,13-19(29)30)27-22(20)17-11-6-9-15-8-3-4-10-16(15)17/h2-12,20-22,27H,13H2,1H3,(H,29,30)(H,33,34). The number of nitrogens with zero attached hydrogens (tertiary/aromatic N) is 1. The number of rotatable bonds is 5. The van der Waals surface area contributed by atoms with Crippen LogP contribution in [0.4, 0.5) is 5.69 Å². The van der Waals surface area contributed by atoms with Crippen LogP contribution in [0.1, 0.15) is 23.6 Å². The van der Waals surface area contributed by atoms with Crippen molar-refractivity contribution in [3.63, 3.8) is 0 Å². The Bertz CT molecular complexity index is 1360. The SMILES string of the molecule is Cc1ccccc1N1C(=O)C2C(c3cccc4ccccc34)NC(CC(=O)O)(C(=O)O)C2C1=O. The molecule has 0 aliphatic carbocycles. The van der Waals surface area contributed by atoms with Gasteiger partial charge in [0.15, 0.2) is 0 Å². The Morgan fingerprint density at radius 2 is 1.62 bits per heavy atom. The van der Waals surface area contributed by atoms with Crippen molar-refractivity contribution < 1.29 is 29.4 Å². The van der Waals surface area contributed by atoms with E-state index in [0.29, 0.717) is 16.8 Å². The van der Waals surface area contributed by atoms with Gasteiger partial charge in [0.05, 0.1) is 23.9 Å². The summed E-state index contributed by atoms with van der Waals surface area (Å²) in [6.45, 7) is 1.76. The molecule has 5 rings (SSSR count). The Labute approximate surface area is 194 Å². The van der Waals surface area contributed by atoms with Gasteiger partial charge in [-0.1, -0.05) is 60.7 Å². The highest BCUT2D eigenvalue weighted by Gasteiger charge is 2.69. The van der Waals surface area contributed by atoms with E-state index in [1.165, 1.54) is 0 Å². The fraction of sp³-hybridized carbons (Fsp3) is 0.231. The molecule has 0 radical (unpaired) electrons. The van der Waals surface area contributed by atoms with E-state index < -0.39 is 53.6 Å². The van der Waals surface area contributed by atoms with Crippen molar-refractivity contribution in [2.75, 3.05) is 4.90 Å². The van der Waals surface area contributed by atoms with E-state index in [2.05, 4.69) is 5.32 Å². The van der Waals surface area contributed by atoms with Crippen molar-refractivity contribution in [3.8, 4) is 0 Å². The molecule has 172 valence electrons. The number of aryl methyl sites for hydroxylation is 1. The first-order valence-electron chi connectivity index (χ1n) is 10.9. The molecule has 2 amide bonds. The molecular weight excluding hydrogens is 436 g/mol. The smallest absolute Gasteiger partial charge is 0.325 e. The number of fused-ring (bicyclic) bond motifs is 2. The highest BCUT2D eigenvalue weighted by molar-refractivity contribution is 6.24. The second-order valence-electron chi connectivity index (χ2n) is 8.84. The summed E-state index contributed by atoms with van der Waals surface area (Å²) in [5, 5.41) is 24.5. The molecule has 4 unspecified atom stereocenters. The Morgan fingerprint density at radius 3 is 2.32 bits per heavy atom.